The molecule has 5 aliphatic rings. The number of ether oxygens (including phenoxy) is 3. The number of amides is 1. The van der Waals surface area contributed by atoms with Crippen molar-refractivity contribution in [2.24, 2.45) is 62.6 Å². The molecule has 7 rings (SSSR count). The number of rotatable bonds is 12. The van der Waals surface area contributed by atoms with Gasteiger partial charge in [-0.2, -0.15) is 4.79 Å². The monoisotopic (exact) mass is 778 g/mol. The van der Waals surface area contributed by atoms with Gasteiger partial charge in [-0.1, -0.05) is 128 Å². The van der Waals surface area contributed by atoms with Gasteiger partial charge in [0.15, 0.2) is 0 Å². The van der Waals surface area contributed by atoms with Crippen LogP contribution in [-0.4, -0.2) is 60.3 Å². The van der Waals surface area contributed by atoms with E-state index in [9.17, 15) is 9.59 Å². The topological polar surface area (TPSA) is 101 Å². The first-order valence-corrected chi connectivity index (χ1v) is 21.8. The van der Waals surface area contributed by atoms with Crippen LogP contribution in [0.3, 0.4) is 0 Å². The van der Waals surface area contributed by atoms with Crippen LogP contribution in [0.25, 0.3) is 5.53 Å². The van der Waals surface area contributed by atoms with Crippen LogP contribution in [0.1, 0.15) is 105 Å². The zero-order valence-corrected chi connectivity index (χ0v) is 35.8. The molecule has 4 aliphatic carbocycles. The van der Waals surface area contributed by atoms with E-state index in [0.29, 0.717) is 56.6 Å². The van der Waals surface area contributed by atoms with Gasteiger partial charge in [0, 0.05) is 23.9 Å². The van der Waals surface area contributed by atoms with E-state index < -0.39 is 0 Å². The third-order valence-electron chi connectivity index (χ3n) is 16.9. The molecule has 0 radical (unpaired) electrons. The van der Waals surface area contributed by atoms with Crippen LogP contribution in [0.2, 0.25) is 0 Å². The lowest BCUT2D eigenvalue weighted by atomic mass is 9.34. The number of nitrogens with zero attached hydrogens (tertiary/aromatic N) is 3. The molecular weight excluding hydrogens is 711 g/mol. The van der Waals surface area contributed by atoms with Crippen molar-refractivity contribution >= 4 is 18.1 Å². The van der Waals surface area contributed by atoms with Crippen molar-refractivity contribution < 1.29 is 28.6 Å². The average Bonchev–Trinajstić information content (AvgIpc) is 3.18. The standard InChI is InChI=1S/C49H67N3O5/c1-33(2)35(4)45(5)23-24-47(7)38-19-20-40-46(6)31-55-32-49(40,39(38)21-22-48(47,8)42(45)44(54)57-30-37-17-13-10-14-18-37)27-34(3)43(46)56-26-25-52(41(53)28-51-50)29-36-15-11-9-12-16-36/h9-18,21,28,33-35,38,40,42-43H,19-20,22-27,29-32H2,1-8H3/t34-,35-,38+,40+,42-,43+,45-,46+,47-,48+,49?/m1/s1. The van der Waals surface area contributed by atoms with Gasteiger partial charge in [0.2, 0.25) is 0 Å². The fourth-order valence-corrected chi connectivity index (χ4v) is 13.7. The summed E-state index contributed by atoms with van der Waals surface area (Å²) in [6.45, 7) is 22.0. The maximum absolute atomic E-state index is 14.8. The quantitative estimate of drug-likeness (QED) is 0.0703. The van der Waals surface area contributed by atoms with Gasteiger partial charge in [0.25, 0.3) is 0 Å². The summed E-state index contributed by atoms with van der Waals surface area (Å²) in [6, 6.07) is 20.0. The maximum atomic E-state index is 14.8. The van der Waals surface area contributed by atoms with Gasteiger partial charge < -0.3 is 24.6 Å². The van der Waals surface area contributed by atoms with Crippen LogP contribution in [-0.2, 0) is 37.0 Å². The highest BCUT2D eigenvalue weighted by Gasteiger charge is 2.71. The Morgan fingerprint density at radius 2 is 1.63 bits per heavy atom. The first-order chi connectivity index (χ1) is 27.1. The molecule has 0 spiro atoms. The second-order valence-corrected chi connectivity index (χ2v) is 20.1. The SMILES string of the molecule is CC(C)[C@@H](C)[C@@]1(C)CC[C@]2(C)[C@H]3CC[C@@H]4C5(COC[C@]4(C)[C@@H](OCCN(Cc4ccccc4)C(=O)C=[N+]=[N-])[C@H](C)C5)C3=CC[C@@]2(C)[C@@H]1C(=O)OCc1ccccc1. The lowest BCUT2D eigenvalue weighted by Gasteiger charge is -2.71. The number of hydrogen-bond acceptors (Lipinski definition) is 5. The number of benzene rings is 2. The summed E-state index contributed by atoms with van der Waals surface area (Å²) >= 11 is 0. The molecule has 2 bridgehead atoms. The number of hydrogen-bond donors (Lipinski definition) is 0. The molecule has 57 heavy (non-hydrogen) atoms. The largest absolute Gasteiger partial charge is 0.461 e. The molecule has 4 fully saturated rings. The normalized spacial score (nSPS) is 37.4. The van der Waals surface area contributed by atoms with Crippen molar-refractivity contribution in [2.75, 3.05) is 26.4 Å². The third-order valence-corrected chi connectivity index (χ3v) is 16.9. The zero-order valence-electron chi connectivity index (χ0n) is 35.8. The average molecular weight is 778 g/mol. The molecule has 1 aliphatic heterocycles. The van der Waals surface area contributed by atoms with E-state index in [0.717, 1.165) is 62.5 Å². The Bertz CT molecular complexity index is 1860. The van der Waals surface area contributed by atoms with Crippen LogP contribution in [0.4, 0.5) is 0 Å². The molecule has 2 aromatic rings. The predicted molar refractivity (Wildman–Crippen MR) is 223 cm³/mol. The molecule has 11 atom stereocenters. The highest BCUT2D eigenvalue weighted by Crippen LogP contribution is 2.75. The second-order valence-electron chi connectivity index (χ2n) is 20.1. The summed E-state index contributed by atoms with van der Waals surface area (Å²) in [6.07, 6.45) is 9.72. The van der Waals surface area contributed by atoms with Gasteiger partial charge in [0.1, 0.15) is 6.61 Å². The lowest BCUT2D eigenvalue weighted by molar-refractivity contribution is -0.251. The minimum absolute atomic E-state index is 0.0191. The van der Waals surface area contributed by atoms with Crippen LogP contribution in [0.15, 0.2) is 72.3 Å². The fraction of sp³-hybridized carbons (Fsp3) is 0.653. The number of carbonyl (C=O) groups excluding carboxylic acids is 2. The van der Waals surface area contributed by atoms with Gasteiger partial charge in [-0.25, -0.2) is 0 Å². The Kier molecular flexibility index (Phi) is 11.6. The van der Waals surface area contributed by atoms with Crippen molar-refractivity contribution in [1.82, 2.24) is 4.90 Å². The molecular formula is C49H67N3O5. The number of fused-ring (bicyclic) bond motifs is 3. The number of carbonyl (C=O) groups is 2. The Morgan fingerprint density at radius 3 is 2.30 bits per heavy atom. The van der Waals surface area contributed by atoms with E-state index in [1.54, 1.807) is 10.5 Å². The summed E-state index contributed by atoms with van der Waals surface area (Å²) in [7, 11) is 0. The van der Waals surface area contributed by atoms with E-state index in [1.807, 2.05) is 60.7 Å². The summed E-state index contributed by atoms with van der Waals surface area (Å²) in [5, 5.41) is 0. The van der Waals surface area contributed by atoms with Crippen LogP contribution < -0.4 is 0 Å². The summed E-state index contributed by atoms with van der Waals surface area (Å²) in [5.41, 5.74) is 12.0. The lowest BCUT2D eigenvalue weighted by Crippen LogP contribution is -2.69. The Labute approximate surface area is 341 Å². The van der Waals surface area contributed by atoms with E-state index in [2.05, 4.69) is 66.3 Å². The minimum atomic E-state index is -0.343. The second kappa shape index (κ2) is 15.9. The highest BCUT2D eigenvalue weighted by atomic mass is 16.5. The van der Waals surface area contributed by atoms with E-state index >= 15 is 0 Å². The van der Waals surface area contributed by atoms with Gasteiger partial charge in [-0.05, 0) is 95.5 Å². The van der Waals surface area contributed by atoms with Crippen molar-refractivity contribution in [3.8, 4) is 0 Å². The van der Waals surface area contributed by atoms with E-state index in [4.69, 9.17) is 19.7 Å². The zero-order chi connectivity index (χ0) is 40.8. The maximum Gasteiger partial charge on any atom is 0.344 e. The van der Waals surface area contributed by atoms with Gasteiger partial charge in [0.05, 0.1) is 31.8 Å². The molecule has 0 N–H and O–H groups in total. The first kappa shape index (κ1) is 41.6. The van der Waals surface area contributed by atoms with Crippen LogP contribution >= 0.6 is 0 Å². The summed E-state index contributed by atoms with van der Waals surface area (Å²) in [4.78, 5) is 32.4. The summed E-state index contributed by atoms with van der Waals surface area (Å²) < 4.78 is 20.0. The fourth-order valence-electron chi connectivity index (χ4n) is 13.7. The molecule has 3 saturated carbocycles. The molecule has 8 nitrogen and oxygen atoms in total. The van der Waals surface area contributed by atoms with Crippen molar-refractivity contribution in [2.45, 2.75) is 113 Å². The molecule has 8 heteroatoms. The Balaban J connectivity index is 1.16. The Morgan fingerprint density at radius 1 is 0.947 bits per heavy atom. The van der Waals surface area contributed by atoms with Crippen LogP contribution in [0, 0.1) is 62.6 Å². The van der Waals surface area contributed by atoms with Crippen molar-refractivity contribution in [3.05, 3.63) is 89.0 Å². The number of esters is 1. The van der Waals surface area contributed by atoms with Gasteiger partial charge >= 0.3 is 18.1 Å². The van der Waals surface area contributed by atoms with Crippen LogP contribution in [0.5, 0.6) is 0 Å². The van der Waals surface area contributed by atoms with Gasteiger partial charge in [-0.15, -0.1) is 0 Å². The summed E-state index contributed by atoms with van der Waals surface area (Å²) in [5.74, 6) is 1.30. The predicted octanol–water partition coefficient (Wildman–Crippen LogP) is 9.58. The molecule has 1 heterocycles. The first-order valence-electron chi connectivity index (χ1n) is 21.8. The van der Waals surface area contributed by atoms with E-state index in [-0.39, 0.29) is 56.9 Å². The van der Waals surface area contributed by atoms with Gasteiger partial charge in [-0.3, -0.25) is 9.59 Å². The minimum Gasteiger partial charge on any atom is -0.461 e. The molecule has 308 valence electrons. The smallest absolute Gasteiger partial charge is 0.344 e. The molecule has 1 saturated heterocycles. The van der Waals surface area contributed by atoms with E-state index in [1.165, 1.54) is 0 Å². The molecule has 1 unspecified atom stereocenters. The molecule has 2 aromatic carbocycles. The third kappa shape index (κ3) is 6.96. The highest BCUT2D eigenvalue weighted by molar-refractivity contribution is 6.23. The molecule has 0 aromatic heterocycles. The van der Waals surface area contributed by atoms with Crippen molar-refractivity contribution in [3.63, 3.8) is 0 Å². The molecule has 1 amide bonds. The van der Waals surface area contributed by atoms with Crippen molar-refractivity contribution in [1.29, 1.82) is 0 Å². The Hall–Kier alpha value is -3.58. The number of allylic oxidation sites excluding steroid dienone is 1.